The molecule has 1 aromatic carbocycles. The fourth-order valence-electron chi connectivity index (χ4n) is 4.19. The summed E-state index contributed by atoms with van der Waals surface area (Å²) in [4.78, 5) is 14.9. The molecule has 1 amide bonds. The number of halogens is 1. The molecule has 0 saturated heterocycles. The Morgan fingerprint density at radius 1 is 1.24 bits per heavy atom. The highest BCUT2D eigenvalue weighted by molar-refractivity contribution is 5.85. The van der Waals surface area contributed by atoms with E-state index < -0.39 is 0 Å². The zero-order valence-electron chi connectivity index (χ0n) is 14.3. The highest BCUT2D eigenvalue weighted by Gasteiger charge is 2.36. The molecule has 1 aromatic heterocycles. The maximum absolute atomic E-state index is 12.9. The Morgan fingerprint density at radius 3 is 2.80 bits per heavy atom. The quantitative estimate of drug-likeness (QED) is 0.914. The van der Waals surface area contributed by atoms with E-state index in [0.29, 0.717) is 24.9 Å². The van der Waals surface area contributed by atoms with Crippen molar-refractivity contribution in [3.05, 3.63) is 47.8 Å². The molecule has 2 aromatic rings. The van der Waals surface area contributed by atoms with Crippen LogP contribution in [0.2, 0.25) is 0 Å². The normalized spacial score (nSPS) is 22.4. The van der Waals surface area contributed by atoms with E-state index in [4.69, 9.17) is 5.73 Å². The van der Waals surface area contributed by atoms with E-state index in [1.807, 2.05) is 34.0 Å². The minimum Gasteiger partial charge on any atom is -0.338 e. The Balaban J connectivity index is 0.00000182. The maximum Gasteiger partial charge on any atom is 0.226 e. The largest absolute Gasteiger partial charge is 0.338 e. The monoisotopic (exact) mass is 360 g/mol. The number of para-hydroxylation sites is 1. The molecule has 1 aliphatic carbocycles. The molecule has 0 unspecified atom stereocenters. The van der Waals surface area contributed by atoms with Gasteiger partial charge in [0.15, 0.2) is 0 Å². The van der Waals surface area contributed by atoms with Crippen molar-refractivity contribution in [2.24, 2.45) is 17.6 Å². The fourth-order valence-corrected chi connectivity index (χ4v) is 4.19. The third-order valence-corrected chi connectivity index (χ3v) is 5.53. The van der Waals surface area contributed by atoms with Gasteiger partial charge < -0.3 is 10.6 Å². The number of hydrogen-bond acceptors (Lipinski definition) is 3. The third-order valence-electron chi connectivity index (χ3n) is 5.53. The molecule has 0 radical (unpaired) electrons. The van der Waals surface area contributed by atoms with Gasteiger partial charge in [0.05, 0.1) is 17.6 Å². The van der Waals surface area contributed by atoms with Gasteiger partial charge in [-0.1, -0.05) is 24.6 Å². The lowest BCUT2D eigenvalue weighted by Gasteiger charge is -2.31. The molecule has 25 heavy (non-hydrogen) atoms. The van der Waals surface area contributed by atoms with Crippen LogP contribution in [0.25, 0.3) is 5.69 Å². The highest BCUT2D eigenvalue weighted by atomic mass is 35.5. The first-order valence-electron chi connectivity index (χ1n) is 8.88. The second-order valence-electron chi connectivity index (χ2n) is 6.91. The lowest BCUT2D eigenvalue weighted by molar-refractivity contribution is -0.137. The Bertz CT molecular complexity index is 730. The van der Waals surface area contributed by atoms with Crippen molar-refractivity contribution < 1.29 is 4.79 Å². The predicted octanol–water partition coefficient (Wildman–Crippen LogP) is 2.55. The Hall–Kier alpha value is -1.85. The summed E-state index contributed by atoms with van der Waals surface area (Å²) in [6, 6.07) is 10.2. The Kier molecular flexibility index (Phi) is 5.45. The van der Waals surface area contributed by atoms with Gasteiger partial charge in [-0.25, -0.2) is 4.68 Å². The van der Waals surface area contributed by atoms with E-state index in [1.165, 1.54) is 11.3 Å². The lowest BCUT2D eigenvalue weighted by Crippen LogP contribution is -2.42. The van der Waals surface area contributed by atoms with Gasteiger partial charge in [-0.3, -0.25) is 4.79 Å². The molecule has 1 saturated carbocycles. The van der Waals surface area contributed by atoms with Crippen LogP contribution in [0.15, 0.2) is 36.5 Å². The topological polar surface area (TPSA) is 64.2 Å². The number of carbonyl (C=O) groups is 1. The molecule has 134 valence electrons. The summed E-state index contributed by atoms with van der Waals surface area (Å²) in [5.41, 5.74) is 9.33. The number of rotatable bonds is 3. The molecule has 6 heteroatoms. The molecule has 2 aliphatic rings. The molecule has 4 rings (SSSR count). The molecule has 2 heterocycles. The van der Waals surface area contributed by atoms with Crippen LogP contribution >= 0.6 is 12.4 Å². The molecule has 5 nitrogen and oxygen atoms in total. The van der Waals surface area contributed by atoms with Crippen LogP contribution in [0.1, 0.15) is 30.5 Å². The molecule has 0 bridgehead atoms. The number of nitrogens with two attached hydrogens (primary N) is 1. The summed E-state index contributed by atoms with van der Waals surface area (Å²) in [7, 11) is 0. The van der Waals surface area contributed by atoms with Crippen molar-refractivity contribution in [2.45, 2.75) is 32.2 Å². The average Bonchev–Trinajstić information content (AvgIpc) is 3.27. The third kappa shape index (κ3) is 3.31. The van der Waals surface area contributed by atoms with Gasteiger partial charge in [-0.2, -0.15) is 5.10 Å². The van der Waals surface area contributed by atoms with Gasteiger partial charge in [-0.05, 0) is 37.4 Å². The predicted molar refractivity (Wildman–Crippen MR) is 99.8 cm³/mol. The standard InChI is InChI=1S/C19H24N4O.ClH/c20-11-14-5-4-8-17(14)19(24)22-10-9-18-15(13-22)12-21-23(18)16-6-2-1-3-7-16;/h1-3,6-7,12,14,17H,4-5,8-11,13,20H2;1H/t14-,17-;/m1./s1. The number of nitrogens with zero attached hydrogens (tertiary/aromatic N) is 3. The maximum atomic E-state index is 12.9. The summed E-state index contributed by atoms with van der Waals surface area (Å²) in [6.45, 7) is 2.08. The van der Waals surface area contributed by atoms with E-state index >= 15 is 0 Å². The first kappa shape index (κ1) is 18.0. The minimum atomic E-state index is 0. The minimum absolute atomic E-state index is 0. The first-order valence-corrected chi connectivity index (χ1v) is 8.88. The Labute approximate surface area is 154 Å². The van der Waals surface area contributed by atoms with Gasteiger partial charge in [-0.15, -0.1) is 12.4 Å². The molecule has 1 fully saturated rings. The lowest BCUT2D eigenvalue weighted by atomic mass is 9.93. The summed E-state index contributed by atoms with van der Waals surface area (Å²) in [6.07, 6.45) is 5.99. The van der Waals surface area contributed by atoms with Gasteiger partial charge >= 0.3 is 0 Å². The zero-order chi connectivity index (χ0) is 16.5. The summed E-state index contributed by atoms with van der Waals surface area (Å²) < 4.78 is 2.01. The highest BCUT2D eigenvalue weighted by Crippen LogP contribution is 2.33. The van der Waals surface area contributed by atoms with Crippen LogP contribution < -0.4 is 5.73 Å². The number of fused-ring (bicyclic) bond motifs is 1. The van der Waals surface area contributed by atoms with E-state index in [1.54, 1.807) is 0 Å². The second-order valence-corrected chi connectivity index (χ2v) is 6.91. The van der Waals surface area contributed by atoms with E-state index in [2.05, 4.69) is 17.2 Å². The van der Waals surface area contributed by atoms with Crippen molar-refractivity contribution in [3.63, 3.8) is 0 Å². The summed E-state index contributed by atoms with van der Waals surface area (Å²) >= 11 is 0. The van der Waals surface area contributed by atoms with Crippen molar-refractivity contribution in [1.82, 2.24) is 14.7 Å². The van der Waals surface area contributed by atoms with Crippen LogP contribution in [0.4, 0.5) is 0 Å². The van der Waals surface area contributed by atoms with Crippen LogP contribution in [0.5, 0.6) is 0 Å². The summed E-state index contributed by atoms with van der Waals surface area (Å²) in [5, 5.41) is 4.55. The second kappa shape index (κ2) is 7.58. The number of carbonyl (C=O) groups excluding carboxylic acids is 1. The van der Waals surface area contributed by atoms with E-state index in [-0.39, 0.29) is 18.3 Å². The molecular formula is C19H25ClN4O. The first-order chi connectivity index (χ1) is 11.8. The molecular weight excluding hydrogens is 336 g/mol. The van der Waals surface area contributed by atoms with Gasteiger partial charge in [0.25, 0.3) is 0 Å². The van der Waals surface area contributed by atoms with Gasteiger partial charge in [0.2, 0.25) is 5.91 Å². The van der Waals surface area contributed by atoms with Crippen molar-refractivity contribution >= 4 is 18.3 Å². The molecule has 1 aliphatic heterocycles. The van der Waals surface area contributed by atoms with Crippen molar-refractivity contribution in [3.8, 4) is 5.69 Å². The van der Waals surface area contributed by atoms with Gasteiger partial charge in [0.1, 0.15) is 0 Å². The van der Waals surface area contributed by atoms with Crippen LogP contribution in [-0.4, -0.2) is 33.7 Å². The Morgan fingerprint density at radius 2 is 2.04 bits per heavy atom. The number of aromatic nitrogens is 2. The summed E-state index contributed by atoms with van der Waals surface area (Å²) in [5.74, 6) is 0.785. The number of hydrogen-bond donors (Lipinski definition) is 1. The fraction of sp³-hybridized carbons (Fsp3) is 0.474. The smallest absolute Gasteiger partial charge is 0.226 e. The number of amides is 1. The molecule has 2 atom stereocenters. The van der Waals surface area contributed by atoms with E-state index in [9.17, 15) is 4.79 Å². The van der Waals surface area contributed by atoms with E-state index in [0.717, 1.165) is 37.9 Å². The van der Waals surface area contributed by atoms with Crippen molar-refractivity contribution in [1.29, 1.82) is 0 Å². The van der Waals surface area contributed by atoms with Crippen LogP contribution in [0, 0.1) is 11.8 Å². The van der Waals surface area contributed by atoms with Crippen molar-refractivity contribution in [2.75, 3.05) is 13.1 Å². The van der Waals surface area contributed by atoms with Crippen LogP contribution in [0.3, 0.4) is 0 Å². The van der Waals surface area contributed by atoms with Crippen LogP contribution in [-0.2, 0) is 17.8 Å². The molecule has 2 N–H and O–H groups in total. The zero-order valence-corrected chi connectivity index (χ0v) is 15.1. The molecule has 0 spiro atoms. The van der Waals surface area contributed by atoms with Gasteiger partial charge in [0, 0.05) is 31.0 Å². The number of benzene rings is 1. The SMILES string of the molecule is Cl.NC[C@H]1CCC[C@H]1C(=O)N1CCc2c(cnn2-c2ccccc2)C1. The average molecular weight is 361 g/mol.